The van der Waals surface area contributed by atoms with E-state index < -0.39 is 31.1 Å². The number of carbonyl (C=O) groups excluding carboxylic acids is 1. The molecule has 0 unspecified atom stereocenters. The monoisotopic (exact) mass is 244 g/mol. The van der Waals surface area contributed by atoms with E-state index in [0.29, 0.717) is 13.1 Å². The first-order valence-electron chi connectivity index (χ1n) is 5.48. The molecule has 7 nitrogen and oxygen atoms in total. The second kappa shape index (κ2) is 6.07. The number of carbonyl (C=O) groups is 3. The van der Waals surface area contributed by atoms with Crippen LogP contribution in [0.1, 0.15) is 19.3 Å². The number of carboxylic acid groups (broad SMARTS) is 2. The molecule has 0 aromatic rings. The van der Waals surface area contributed by atoms with Crippen molar-refractivity contribution in [1.82, 2.24) is 9.80 Å². The lowest BCUT2D eigenvalue weighted by molar-refractivity contribution is -0.140. The van der Waals surface area contributed by atoms with Gasteiger partial charge < -0.3 is 20.0 Å². The Bertz CT molecular complexity index is 296. The lowest BCUT2D eigenvalue weighted by Crippen LogP contribution is -2.48. The van der Waals surface area contributed by atoms with Crippen LogP contribution in [0.2, 0.25) is 0 Å². The van der Waals surface area contributed by atoms with Crippen molar-refractivity contribution in [3.05, 3.63) is 0 Å². The van der Waals surface area contributed by atoms with E-state index in [1.54, 1.807) is 0 Å². The van der Waals surface area contributed by atoms with Gasteiger partial charge in [-0.25, -0.2) is 4.79 Å². The van der Waals surface area contributed by atoms with Gasteiger partial charge in [0.05, 0.1) is 0 Å². The Morgan fingerprint density at radius 2 is 1.41 bits per heavy atom. The lowest BCUT2D eigenvalue weighted by atomic mass is 10.1. The molecule has 0 radical (unpaired) electrons. The van der Waals surface area contributed by atoms with E-state index in [1.165, 1.54) is 4.90 Å². The van der Waals surface area contributed by atoms with Crippen LogP contribution >= 0.6 is 0 Å². The van der Waals surface area contributed by atoms with Gasteiger partial charge in [0.1, 0.15) is 13.1 Å². The third kappa shape index (κ3) is 4.29. The molecule has 2 amide bonds. The van der Waals surface area contributed by atoms with E-state index in [2.05, 4.69) is 0 Å². The van der Waals surface area contributed by atoms with Gasteiger partial charge in [-0.1, -0.05) is 0 Å². The third-order valence-electron chi connectivity index (χ3n) is 2.55. The predicted octanol–water partition coefficient (Wildman–Crippen LogP) is 0.0635. The van der Waals surface area contributed by atoms with E-state index in [4.69, 9.17) is 10.2 Å². The summed E-state index contributed by atoms with van der Waals surface area (Å²) in [6.07, 6.45) is 2.79. The molecule has 1 fully saturated rings. The highest BCUT2D eigenvalue weighted by Gasteiger charge is 2.25. The maximum atomic E-state index is 11.9. The van der Waals surface area contributed by atoms with Gasteiger partial charge in [0.2, 0.25) is 0 Å². The fraction of sp³-hybridized carbons (Fsp3) is 0.700. The molecular weight excluding hydrogens is 228 g/mol. The van der Waals surface area contributed by atoms with Crippen molar-refractivity contribution >= 4 is 18.0 Å². The summed E-state index contributed by atoms with van der Waals surface area (Å²) in [4.78, 5) is 35.4. The van der Waals surface area contributed by atoms with E-state index in [-0.39, 0.29) is 0 Å². The molecule has 1 aliphatic heterocycles. The minimum absolute atomic E-state index is 0.505. The molecule has 17 heavy (non-hydrogen) atoms. The molecular formula is C10H16N2O5. The summed E-state index contributed by atoms with van der Waals surface area (Å²) in [6, 6.07) is -0.505. The molecule has 0 aromatic heterocycles. The van der Waals surface area contributed by atoms with Gasteiger partial charge in [-0.15, -0.1) is 0 Å². The van der Waals surface area contributed by atoms with Gasteiger partial charge in [0, 0.05) is 13.1 Å². The quantitative estimate of drug-likeness (QED) is 0.728. The molecule has 0 aliphatic carbocycles. The first-order valence-corrected chi connectivity index (χ1v) is 5.48. The second-order valence-electron chi connectivity index (χ2n) is 3.97. The minimum Gasteiger partial charge on any atom is -0.480 e. The van der Waals surface area contributed by atoms with E-state index in [9.17, 15) is 14.4 Å². The molecule has 0 aromatic carbocycles. The Hall–Kier alpha value is -1.79. The minimum atomic E-state index is -1.21. The highest BCUT2D eigenvalue weighted by molar-refractivity contribution is 5.84. The van der Waals surface area contributed by atoms with Crippen molar-refractivity contribution in [2.45, 2.75) is 19.3 Å². The van der Waals surface area contributed by atoms with E-state index >= 15 is 0 Å². The molecule has 1 rings (SSSR count). The van der Waals surface area contributed by atoms with Crippen LogP contribution in [-0.2, 0) is 9.59 Å². The van der Waals surface area contributed by atoms with Crippen LogP contribution in [0.3, 0.4) is 0 Å². The first-order chi connectivity index (χ1) is 8.00. The number of likely N-dealkylation sites (tertiary alicyclic amines) is 1. The van der Waals surface area contributed by atoms with Crippen molar-refractivity contribution in [1.29, 1.82) is 0 Å². The summed E-state index contributed by atoms with van der Waals surface area (Å²) >= 11 is 0. The van der Waals surface area contributed by atoms with Gasteiger partial charge in [0.25, 0.3) is 0 Å². The highest BCUT2D eigenvalue weighted by atomic mass is 16.4. The average Bonchev–Trinajstić information content (AvgIpc) is 2.27. The topological polar surface area (TPSA) is 98.1 Å². The maximum Gasteiger partial charge on any atom is 0.323 e. The molecule has 1 heterocycles. The van der Waals surface area contributed by atoms with Crippen molar-refractivity contribution in [2.75, 3.05) is 26.2 Å². The molecule has 0 spiro atoms. The van der Waals surface area contributed by atoms with Crippen molar-refractivity contribution < 1.29 is 24.6 Å². The molecule has 1 aliphatic rings. The van der Waals surface area contributed by atoms with Crippen LogP contribution in [-0.4, -0.2) is 64.2 Å². The molecule has 1 saturated heterocycles. The maximum absolute atomic E-state index is 11.9. The molecule has 0 bridgehead atoms. The Balaban J connectivity index is 2.63. The number of rotatable bonds is 4. The fourth-order valence-corrected chi connectivity index (χ4v) is 1.80. The van der Waals surface area contributed by atoms with Crippen LogP contribution in [0.4, 0.5) is 4.79 Å². The number of urea groups is 1. The molecule has 2 N–H and O–H groups in total. The Morgan fingerprint density at radius 1 is 0.941 bits per heavy atom. The summed E-state index contributed by atoms with van der Waals surface area (Å²) in [6.45, 7) is -0.0353. The summed E-state index contributed by atoms with van der Waals surface area (Å²) in [7, 11) is 0. The highest BCUT2D eigenvalue weighted by Crippen LogP contribution is 2.11. The van der Waals surface area contributed by atoms with Crippen LogP contribution in [0.25, 0.3) is 0 Å². The number of aliphatic carboxylic acids is 2. The van der Waals surface area contributed by atoms with Crippen molar-refractivity contribution in [2.24, 2.45) is 0 Å². The normalized spacial score (nSPS) is 15.4. The number of piperidine rings is 1. The summed E-state index contributed by atoms with van der Waals surface area (Å²) < 4.78 is 0. The Morgan fingerprint density at radius 3 is 1.82 bits per heavy atom. The SMILES string of the molecule is O=C(O)CN(CC(=O)O)C(=O)N1CCCCC1. The zero-order chi connectivity index (χ0) is 12.8. The van der Waals surface area contributed by atoms with Gasteiger partial charge in [-0.3, -0.25) is 9.59 Å². The largest absolute Gasteiger partial charge is 0.480 e. The van der Waals surface area contributed by atoms with Gasteiger partial charge in [-0.2, -0.15) is 0 Å². The van der Waals surface area contributed by atoms with Crippen LogP contribution in [0, 0.1) is 0 Å². The molecule has 0 atom stereocenters. The third-order valence-corrected chi connectivity index (χ3v) is 2.55. The van der Waals surface area contributed by atoms with Crippen LogP contribution in [0.15, 0.2) is 0 Å². The second-order valence-corrected chi connectivity index (χ2v) is 3.97. The van der Waals surface area contributed by atoms with Crippen molar-refractivity contribution in [3.8, 4) is 0 Å². The van der Waals surface area contributed by atoms with Gasteiger partial charge in [-0.05, 0) is 19.3 Å². The Labute approximate surface area is 98.6 Å². The number of hydrogen-bond donors (Lipinski definition) is 2. The Kier molecular flexibility index (Phi) is 4.74. The summed E-state index contributed by atoms with van der Waals surface area (Å²) in [5.41, 5.74) is 0. The first kappa shape index (κ1) is 13.3. The van der Waals surface area contributed by atoms with Crippen LogP contribution in [0.5, 0.6) is 0 Å². The standard InChI is InChI=1S/C10H16N2O5/c13-8(14)6-12(7-9(15)16)10(17)11-4-2-1-3-5-11/h1-7H2,(H,13,14)(H,15,16). The van der Waals surface area contributed by atoms with E-state index in [1.807, 2.05) is 0 Å². The molecule has 0 saturated carbocycles. The molecule has 96 valence electrons. The number of hydrogen-bond acceptors (Lipinski definition) is 3. The van der Waals surface area contributed by atoms with Crippen LogP contribution < -0.4 is 0 Å². The molecule has 7 heteroatoms. The van der Waals surface area contributed by atoms with Gasteiger partial charge in [0.15, 0.2) is 0 Å². The summed E-state index contributed by atoms with van der Waals surface area (Å²) in [5, 5.41) is 17.3. The van der Waals surface area contributed by atoms with E-state index in [0.717, 1.165) is 24.2 Å². The number of nitrogens with zero attached hydrogens (tertiary/aromatic N) is 2. The lowest BCUT2D eigenvalue weighted by Gasteiger charge is -2.31. The number of carboxylic acids is 2. The van der Waals surface area contributed by atoms with Crippen molar-refractivity contribution in [3.63, 3.8) is 0 Å². The zero-order valence-electron chi connectivity index (χ0n) is 9.46. The fourth-order valence-electron chi connectivity index (χ4n) is 1.80. The summed E-state index contributed by atoms with van der Waals surface area (Å²) in [5.74, 6) is -2.42. The van der Waals surface area contributed by atoms with Gasteiger partial charge >= 0.3 is 18.0 Å². The zero-order valence-corrected chi connectivity index (χ0v) is 9.46. The predicted molar refractivity (Wildman–Crippen MR) is 57.7 cm³/mol. The average molecular weight is 244 g/mol. The smallest absolute Gasteiger partial charge is 0.323 e. The number of amides is 2.